The Hall–Kier alpha value is -2.33. The van der Waals surface area contributed by atoms with Crippen LogP contribution in [0.3, 0.4) is 0 Å². The molecule has 96 valence electrons. The molecule has 4 heteroatoms. The summed E-state index contributed by atoms with van der Waals surface area (Å²) in [7, 11) is 0. The highest BCUT2D eigenvalue weighted by atomic mass is 16.8. The topological polar surface area (TPSA) is 44.6 Å². The molecule has 1 unspecified atom stereocenters. The highest BCUT2D eigenvalue weighted by Gasteiger charge is 2.42. The van der Waals surface area contributed by atoms with Gasteiger partial charge in [0.25, 0.3) is 0 Å². The molecule has 0 radical (unpaired) electrons. The minimum atomic E-state index is -0.253. The summed E-state index contributed by atoms with van der Waals surface area (Å²) >= 11 is 0. The van der Waals surface area contributed by atoms with E-state index in [2.05, 4.69) is 5.32 Å². The Bertz CT molecular complexity index is 557. The van der Waals surface area contributed by atoms with E-state index in [9.17, 15) is 4.79 Å². The molecule has 0 spiro atoms. The average Bonchev–Trinajstić information content (AvgIpc) is 3.27. The van der Waals surface area contributed by atoms with Gasteiger partial charge in [-0.25, -0.2) is 9.63 Å². The lowest BCUT2D eigenvalue weighted by atomic mass is 10.2. The maximum Gasteiger partial charge on any atom is 0.344 e. The number of urea groups is 1. The van der Waals surface area contributed by atoms with Gasteiger partial charge in [0.2, 0.25) is 6.23 Å². The van der Waals surface area contributed by atoms with E-state index in [1.165, 1.54) is 5.06 Å². The second kappa shape index (κ2) is 5.12. The zero-order valence-electron chi connectivity index (χ0n) is 10.3. The first-order chi connectivity index (χ1) is 9.34. The Morgan fingerprint density at radius 1 is 1.05 bits per heavy atom. The zero-order valence-corrected chi connectivity index (χ0v) is 10.3. The Kier molecular flexibility index (Phi) is 3.16. The van der Waals surface area contributed by atoms with Gasteiger partial charge in [-0.2, -0.15) is 5.06 Å². The number of nitrogens with one attached hydrogen (secondary N) is 1. The van der Waals surface area contributed by atoms with Crippen LogP contribution >= 0.6 is 0 Å². The summed E-state index contributed by atoms with van der Waals surface area (Å²) in [6, 6.07) is 19.2. The van der Waals surface area contributed by atoms with E-state index < -0.39 is 0 Å². The molecule has 4 nitrogen and oxygen atoms in total. The van der Waals surface area contributed by atoms with Crippen molar-refractivity contribution >= 4 is 6.03 Å². The molecule has 0 saturated carbocycles. The summed E-state index contributed by atoms with van der Waals surface area (Å²) in [6.07, 6.45) is -0.253. The van der Waals surface area contributed by atoms with Crippen LogP contribution in [-0.4, -0.2) is 11.1 Å². The van der Waals surface area contributed by atoms with Crippen molar-refractivity contribution in [1.82, 2.24) is 10.4 Å². The van der Waals surface area contributed by atoms with E-state index in [1.807, 2.05) is 60.7 Å². The third-order valence-corrected chi connectivity index (χ3v) is 2.95. The fourth-order valence-corrected chi connectivity index (χ4v) is 1.90. The van der Waals surface area contributed by atoms with Crippen molar-refractivity contribution in [3.05, 3.63) is 71.8 Å². The molecule has 1 aliphatic rings. The smallest absolute Gasteiger partial charge is 0.332 e. The van der Waals surface area contributed by atoms with Crippen molar-refractivity contribution in [2.24, 2.45) is 0 Å². The molecule has 0 aromatic heterocycles. The van der Waals surface area contributed by atoms with Gasteiger partial charge in [-0.1, -0.05) is 60.7 Å². The van der Waals surface area contributed by atoms with Crippen molar-refractivity contribution in [3.63, 3.8) is 0 Å². The maximum absolute atomic E-state index is 11.9. The lowest BCUT2D eigenvalue weighted by Gasteiger charge is -2.04. The van der Waals surface area contributed by atoms with Crippen molar-refractivity contribution in [3.8, 4) is 0 Å². The first-order valence-electron chi connectivity index (χ1n) is 6.17. The minimum absolute atomic E-state index is 0.210. The number of hydrogen-bond acceptors (Lipinski definition) is 2. The molecule has 2 amide bonds. The van der Waals surface area contributed by atoms with E-state index >= 15 is 0 Å². The molecule has 1 fully saturated rings. The molecule has 2 aromatic carbocycles. The molecule has 1 aliphatic heterocycles. The normalized spacial score (nSPS) is 17.1. The Morgan fingerprint density at radius 3 is 2.37 bits per heavy atom. The third-order valence-electron chi connectivity index (χ3n) is 2.95. The molecular weight excluding hydrogens is 240 g/mol. The summed E-state index contributed by atoms with van der Waals surface area (Å²) in [4.78, 5) is 17.1. The summed E-state index contributed by atoms with van der Waals surface area (Å²) < 4.78 is 0. The van der Waals surface area contributed by atoms with Gasteiger partial charge >= 0.3 is 6.03 Å². The van der Waals surface area contributed by atoms with Crippen LogP contribution in [0, 0.1) is 0 Å². The molecule has 1 atom stereocenters. The van der Waals surface area contributed by atoms with Crippen molar-refractivity contribution < 1.29 is 9.63 Å². The summed E-state index contributed by atoms with van der Waals surface area (Å²) in [6.45, 7) is 0.501. The third kappa shape index (κ3) is 2.74. The number of hydroxylamine groups is 2. The monoisotopic (exact) mass is 254 g/mol. The van der Waals surface area contributed by atoms with Crippen LogP contribution in [0.5, 0.6) is 0 Å². The minimum Gasteiger partial charge on any atom is -0.332 e. The predicted octanol–water partition coefficient (Wildman–Crippen LogP) is 2.84. The first-order valence-corrected chi connectivity index (χ1v) is 6.17. The highest BCUT2D eigenvalue weighted by Crippen LogP contribution is 2.36. The van der Waals surface area contributed by atoms with Crippen LogP contribution in [0.25, 0.3) is 0 Å². The number of carbonyl (C=O) groups is 1. The molecule has 2 aromatic rings. The van der Waals surface area contributed by atoms with Crippen LogP contribution in [0.2, 0.25) is 0 Å². The number of nitrogens with zero attached hydrogens (tertiary/aromatic N) is 1. The van der Waals surface area contributed by atoms with Crippen LogP contribution in [0.4, 0.5) is 4.79 Å². The van der Waals surface area contributed by atoms with Gasteiger partial charge in [-0.3, -0.25) is 0 Å². The average molecular weight is 254 g/mol. The second-order valence-corrected chi connectivity index (χ2v) is 4.34. The maximum atomic E-state index is 11.9. The number of benzene rings is 2. The van der Waals surface area contributed by atoms with Gasteiger partial charge in [-0.15, -0.1) is 0 Å². The Morgan fingerprint density at radius 2 is 1.68 bits per heavy atom. The standard InChI is InChI=1S/C15H14N2O2/c18-15(16-11-12-7-3-1-4-8-12)17-14(19-17)13-9-5-2-6-10-13/h1-10,14H,11H2,(H,16,18). The summed E-state index contributed by atoms with van der Waals surface area (Å²) in [5.41, 5.74) is 2.05. The van der Waals surface area contributed by atoms with Crippen LogP contribution < -0.4 is 5.32 Å². The molecule has 0 bridgehead atoms. The number of hydrogen-bond donors (Lipinski definition) is 1. The zero-order chi connectivity index (χ0) is 13.1. The Labute approximate surface area is 111 Å². The summed E-state index contributed by atoms with van der Waals surface area (Å²) in [5, 5.41) is 4.17. The van der Waals surface area contributed by atoms with E-state index in [4.69, 9.17) is 4.84 Å². The SMILES string of the molecule is O=C(NCc1ccccc1)N1OC1c1ccccc1. The van der Waals surface area contributed by atoms with Crippen molar-refractivity contribution in [2.75, 3.05) is 0 Å². The van der Waals surface area contributed by atoms with Gasteiger partial charge in [0.15, 0.2) is 0 Å². The van der Waals surface area contributed by atoms with Gasteiger partial charge in [-0.05, 0) is 5.56 Å². The van der Waals surface area contributed by atoms with E-state index in [-0.39, 0.29) is 12.3 Å². The van der Waals surface area contributed by atoms with Gasteiger partial charge in [0.1, 0.15) is 0 Å². The number of rotatable bonds is 3. The van der Waals surface area contributed by atoms with Crippen molar-refractivity contribution in [1.29, 1.82) is 0 Å². The molecule has 1 N–H and O–H groups in total. The van der Waals surface area contributed by atoms with Crippen LogP contribution in [0.1, 0.15) is 17.4 Å². The number of carbonyl (C=O) groups excluding carboxylic acids is 1. The lowest BCUT2D eigenvalue weighted by Crippen LogP contribution is -2.27. The van der Waals surface area contributed by atoms with E-state index in [1.54, 1.807) is 0 Å². The first kappa shape index (κ1) is 11.7. The lowest BCUT2D eigenvalue weighted by molar-refractivity contribution is 0.176. The van der Waals surface area contributed by atoms with Crippen LogP contribution in [0.15, 0.2) is 60.7 Å². The summed E-state index contributed by atoms with van der Waals surface area (Å²) in [5.74, 6) is 0. The molecule has 1 saturated heterocycles. The predicted molar refractivity (Wildman–Crippen MR) is 70.8 cm³/mol. The molecule has 1 heterocycles. The van der Waals surface area contributed by atoms with Gasteiger partial charge in [0.05, 0.1) is 0 Å². The number of amides is 2. The molecule has 19 heavy (non-hydrogen) atoms. The Balaban J connectivity index is 1.53. The largest absolute Gasteiger partial charge is 0.344 e. The fraction of sp³-hybridized carbons (Fsp3) is 0.133. The van der Waals surface area contributed by atoms with Gasteiger partial charge < -0.3 is 5.32 Å². The molecule has 3 rings (SSSR count). The molecule has 0 aliphatic carbocycles. The van der Waals surface area contributed by atoms with Gasteiger partial charge in [0, 0.05) is 12.1 Å². The second-order valence-electron chi connectivity index (χ2n) is 4.34. The fourth-order valence-electron chi connectivity index (χ4n) is 1.90. The van der Waals surface area contributed by atoms with Crippen molar-refractivity contribution in [2.45, 2.75) is 12.8 Å². The van der Waals surface area contributed by atoms with E-state index in [0.717, 1.165) is 11.1 Å². The quantitative estimate of drug-likeness (QED) is 0.856. The highest BCUT2D eigenvalue weighted by molar-refractivity contribution is 5.74. The van der Waals surface area contributed by atoms with E-state index in [0.29, 0.717) is 6.54 Å². The van der Waals surface area contributed by atoms with Crippen LogP contribution in [-0.2, 0) is 11.4 Å². The molecular formula is C15H14N2O2.